The molecule has 2 aliphatic rings. The molecule has 0 fully saturated rings. The highest BCUT2D eigenvalue weighted by atomic mass is 32.1. The van der Waals surface area contributed by atoms with Crippen LogP contribution < -0.4 is 15.4 Å². The van der Waals surface area contributed by atoms with Crippen LogP contribution in [0.5, 0.6) is 11.5 Å². The molecule has 0 bridgehead atoms. The summed E-state index contributed by atoms with van der Waals surface area (Å²) in [6.45, 7) is 0. The number of aryl methyl sites for hydroxylation is 1. The Hall–Kier alpha value is -2.79. The number of carbonyl (C=O) groups is 1. The zero-order valence-electron chi connectivity index (χ0n) is 14.8. The Balaban J connectivity index is 1.36. The molecular weight excluding hydrogens is 356 g/mol. The quantitative estimate of drug-likeness (QED) is 0.654. The fourth-order valence-corrected chi connectivity index (χ4v) is 5.11. The highest BCUT2D eigenvalue weighted by molar-refractivity contribution is 7.16. The predicted molar refractivity (Wildman–Crippen MR) is 108 cm³/mol. The number of amides is 1. The molecule has 2 N–H and O–H groups in total. The Morgan fingerprint density at radius 2 is 1.63 bits per heavy atom. The number of nitrogens with one attached hydrogen (secondary N) is 2. The van der Waals surface area contributed by atoms with Gasteiger partial charge in [-0.3, -0.25) is 4.79 Å². The topological polar surface area (TPSA) is 50.4 Å². The molecule has 1 unspecified atom stereocenters. The van der Waals surface area contributed by atoms with E-state index in [1.54, 1.807) is 11.3 Å². The lowest BCUT2D eigenvalue weighted by Gasteiger charge is -2.27. The monoisotopic (exact) mass is 376 g/mol. The second-order valence-electron chi connectivity index (χ2n) is 6.95. The second kappa shape index (κ2) is 6.74. The van der Waals surface area contributed by atoms with Crippen LogP contribution in [0.4, 0.5) is 5.00 Å². The molecular formula is C22H20N2O2S. The van der Waals surface area contributed by atoms with Gasteiger partial charge in [0, 0.05) is 4.88 Å². The highest BCUT2D eigenvalue weighted by Crippen LogP contribution is 2.41. The van der Waals surface area contributed by atoms with Crippen LogP contribution in [0.15, 0.2) is 54.6 Å². The number of hydrogen-bond donors (Lipinski definition) is 2. The standard InChI is InChI=1S/C22H20N2O2S/c25-21-19-17-8-4-5-9-18(17)27-22(19)24-20(23-21)14-10-12-16(13-11-14)26-15-6-2-1-3-7-15/h1-3,6-7,10-13,20,24H,4-5,8-9H2,(H,23,25). The molecule has 136 valence electrons. The average molecular weight is 376 g/mol. The first-order chi connectivity index (χ1) is 13.3. The summed E-state index contributed by atoms with van der Waals surface area (Å²) in [5, 5.41) is 7.64. The van der Waals surface area contributed by atoms with Crippen molar-refractivity contribution >= 4 is 22.2 Å². The largest absolute Gasteiger partial charge is 0.457 e. The molecule has 0 saturated carbocycles. The fourth-order valence-electron chi connectivity index (χ4n) is 3.80. The van der Waals surface area contributed by atoms with Crippen molar-refractivity contribution < 1.29 is 9.53 Å². The third-order valence-corrected chi connectivity index (χ3v) is 6.36. The molecule has 5 heteroatoms. The minimum atomic E-state index is -0.212. The molecule has 2 aromatic carbocycles. The maximum Gasteiger partial charge on any atom is 0.256 e. The van der Waals surface area contributed by atoms with Gasteiger partial charge < -0.3 is 15.4 Å². The summed E-state index contributed by atoms with van der Waals surface area (Å²) >= 11 is 1.75. The SMILES string of the molecule is O=C1NC(c2ccc(Oc3ccccc3)cc2)Nc2sc3c(c21)CCCC3. The van der Waals surface area contributed by atoms with E-state index in [0.29, 0.717) is 0 Å². The van der Waals surface area contributed by atoms with Gasteiger partial charge in [-0.2, -0.15) is 0 Å². The number of carbonyl (C=O) groups excluding carboxylic acids is 1. The zero-order chi connectivity index (χ0) is 18.2. The van der Waals surface area contributed by atoms with Crippen LogP contribution in [0.1, 0.15) is 45.4 Å². The second-order valence-corrected chi connectivity index (χ2v) is 8.06. The molecule has 1 aliphatic heterocycles. The van der Waals surface area contributed by atoms with Gasteiger partial charge in [0.05, 0.1) is 5.56 Å². The van der Waals surface area contributed by atoms with Crippen molar-refractivity contribution in [1.82, 2.24) is 5.32 Å². The lowest BCUT2D eigenvalue weighted by atomic mass is 9.94. The zero-order valence-corrected chi connectivity index (χ0v) is 15.6. The molecule has 4 nitrogen and oxygen atoms in total. The first kappa shape index (κ1) is 16.4. The fraction of sp³-hybridized carbons (Fsp3) is 0.227. The Bertz CT molecular complexity index is 980. The van der Waals surface area contributed by atoms with Gasteiger partial charge >= 0.3 is 0 Å². The Kier molecular flexibility index (Phi) is 4.09. The van der Waals surface area contributed by atoms with Gasteiger partial charge in [-0.05, 0) is 61.1 Å². The predicted octanol–water partition coefficient (Wildman–Crippen LogP) is 5.27. The number of ether oxygens (including phenoxy) is 1. The summed E-state index contributed by atoms with van der Waals surface area (Å²) in [6.07, 6.45) is 4.30. The smallest absolute Gasteiger partial charge is 0.256 e. The number of para-hydroxylation sites is 1. The minimum Gasteiger partial charge on any atom is -0.457 e. The minimum absolute atomic E-state index is 0.0396. The van der Waals surface area contributed by atoms with Crippen LogP contribution in [0.2, 0.25) is 0 Å². The number of anilines is 1. The van der Waals surface area contributed by atoms with E-state index in [9.17, 15) is 4.79 Å². The number of thiophene rings is 1. The summed E-state index contributed by atoms with van der Waals surface area (Å²) in [7, 11) is 0. The summed E-state index contributed by atoms with van der Waals surface area (Å²) in [5.41, 5.74) is 3.15. The normalized spacial score (nSPS) is 18.1. The summed E-state index contributed by atoms with van der Waals surface area (Å²) in [5.74, 6) is 1.63. The van der Waals surface area contributed by atoms with Gasteiger partial charge in [0.25, 0.3) is 5.91 Å². The van der Waals surface area contributed by atoms with E-state index in [1.165, 1.54) is 23.3 Å². The van der Waals surface area contributed by atoms with Crippen LogP contribution in [0.25, 0.3) is 0 Å². The van der Waals surface area contributed by atoms with E-state index in [4.69, 9.17) is 4.74 Å². The Morgan fingerprint density at radius 3 is 2.44 bits per heavy atom. The average Bonchev–Trinajstić information content (AvgIpc) is 3.08. The molecule has 1 amide bonds. The van der Waals surface area contributed by atoms with Crippen LogP contribution >= 0.6 is 11.3 Å². The van der Waals surface area contributed by atoms with Crippen molar-refractivity contribution in [3.8, 4) is 11.5 Å². The molecule has 1 aromatic heterocycles. The van der Waals surface area contributed by atoms with Crippen molar-refractivity contribution in [2.75, 3.05) is 5.32 Å². The van der Waals surface area contributed by atoms with Gasteiger partial charge in [0.15, 0.2) is 0 Å². The molecule has 2 heterocycles. The van der Waals surface area contributed by atoms with Crippen LogP contribution in [-0.4, -0.2) is 5.91 Å². The van der Waals surface area contributed by atoms with E-state index >= 15 is 0 Å². The van der Waals surface area contributed by atoms with Crippen molar-refractivity contribution in [1.29, 1.82) is 0 Å². The van der Waals surface area contributed by atoms with E-state index in [2.05, 4.69) is 10.6 Å². The van der Waals surface area contributed by atoms with E-state index in [0.717, 1.165) is 40.5 Å². The van der Waals surface area contributed by atoms with E-state index < -0.39 is 0 Å². The molecule has 27 heavy (non-hydrogen) atoms. The number of rotatable bonds is 3. The summed E-state index contributed by atoms with van der Waals surface area (Å²) in [6, 6.07) is 17.6. The highest BCUT2D eigenvalue weighted by Gasteiger charge is 2.31. The molecule has 1 atom stereocenters. The van der Waals surface area contributed by atoms with Gasteiger partial charge in [-0.15, -0.1) is 11.3 Å². The summed E-state index contributed by atoms with van der Waals surface area (Å²) < 4.78 is 5.85. The van der Waals surface area contributed by atoms with Gasteiger partial charge in [0.2, 0.25) is 0 Å². The van der Waals surface area contributed by atoms with Crippen molar-refractivity contribution in [3.63, 3.8) is 0 Å². The molecule has 0 saturated heterocycles. The lowest BCUT2D eigenvalue weighted by molar-refractivity contribution is 0.0935. The molecule has 3 aromatic rings. The van der Waals surface area contributed by atoms with Gasteiger partial charge in [-0.25, -0.2) is 0 Å². The van der Waals surface area contributed by atoms with Crippen LogP contribution in [-0.2, 0) is 12.8 Å². The molecule has 0 radical (unpaired) electrons. The van der Waals surface area contributed by atoms with Crippen molar-refractivity contribution in [2.24, 2.45) is 0 Å². The molecule has 0 spiro atoms. The van der Waals surface area contributed by atoms with E-state index in [1.807, 2.05) is 54.6 Å². The molecule has 1 aliphatic carbocycles. The Labute approximate surface area is 162 Å². The van der Waals surface area contributed by atoms with Crippen molar-refractivity contribution in [3.05, 3.63) is 76.2 Å². The number of benzene rings is 2. The van der Waals surface area contributed by atoms with Crippen LogP contribution in [0.3, 0.4) is 0 Å². The summed E-state index contributed by atoms with van der Waals surface area (Å²) in [4.78, 5) is 14.1. The number of hydrogen-bond acceptors (Lipinski definition) is 4. The van der Waals surface area contributed by atoms with Crippen LogP contribution in [0, 0.1) is 0 Å². The third-order valence-electron chi connectivity index (χ3n) is 5.14. The molecule has 5 rings (SSSR count). The first-order valence-corrected chi connectivity index (χ1v) is 10.1. The third kappa shape index (κ3) is 3.08. The van der Waals surface area contributed by atoms with Gasteiger partial charge in [0.1, 0.15) is 22.7 Å². The maximum atomic E-state index is 12.7. The number of fused-ring (bicyclic) bond motifs is 3. The van der Waals surface area contributed by atoms with E-state index in [-0.39, 0.29) is 12.1 Å². The maximum absolute atomic E-state index is 12.7. The lowest BCUT2D eigenvalue weighted by Crippen LogP contribution is -2.38. The first-order valence-electron chi connectivity index (χ1n) is 9.33. The Morgan fingerprint density at radius 1 is 0.889 bits per heavy atom. The van der Waals surface area contributed by atoms with Crippen molar-refractivity contribution in [2.45, 2.75) is 31.8 Å². The van der Waals surface area contributed by atoms with Gasteiger partial charge in [-0.1, -0.05) is 30.3 Å².